The van der Waals surface area contributed by atoms with Crippen LogP contribution in [0.5, 0.6) is 0 Å². The van der Waals surface area contributed by atoms with Crippen LogP contribution in [0.15, 0.2) is 0 Å². The van der Waals surface area contributed by atoms with E-state index in [4.69, 9.17) is 8.85 Å². The summed E-state index contributed by atoms with van der Waals surface area (Å²) in [6.07, 6.45) is 9.32. The van der Waals surface area contributed by atoms with Gasteiger partial charge in [0.2, 0.25) is 0 Å². The highest BCUT2D eigenvalue weighted by atomic mass is 32.2. The zero-order valence-electron chi connectivity index (χ0n) is 22.7. The molecule has 0 amide bonds. The van der Waals surface area contributed by atoms with Crippen molar-refractivity contribution in [2.24, 2.45) is 0 Å². The molecule has 0 radical (unpaired) electrons. The van der Waals surface area contributed by atoms with E-state index in [1.54, 1.807) is 0 Å². The van der Waals surface area contributed by atoms with E-state index < -0.39 is 16.6 Å². The highest BCUT2D eigenvalue weighted by molar-refractivity contribution is 8.17. The van der Waals surface area contributed by atoms with Crippen molar-refractivity contribution in [1.29, 1.82) is 0 Å². The van der Waals surface area contributed by atoms with Crippen LogP contribution in [-0.2, 0) is 8.85 Å². The number of hydrogen-bond donors (Lipinski definition) is 0. The lowest BCUT2D eigenvalue weighted by Crippen LogP contribution is -2.45. The SMILES string of the molecule is CCCC[C@@H](CC[C@H](CC1SCCCS1)O[Si](C)(C)C(C)(C)C)O[Si](C)(C)C(C)(C)C. The maximum absolute atomic E-state index is 7.03. The van der Waals surface area contributed by atoms with Gasteiger partial charge in [0.15, 0.2) is 16.6 Å². The first kappa shape index (κ1) is 30.1. The van der Waals surface area contributed by atoms with Gasteiger partial charge in [0.05, 0.1) is 4.58 Å². The van der Waals surface area contributed by atoms with E-state index in [-0.39, 0.29) is 10.1 Å². The fraction of sp³-hybridized carbons (Fsp3) is 1.00. The third-order valence-electron chi connectivity index (χ3n) is 7.58. The van der Waals surface area contributed by atoms with E-state index in [1.807, 2.05) is 0 Å². The van der Waals surface area contributed by atoms with E-state index in [9.17, 15) is 0 Å². The summed E-state index contributed by atoms with van der Waals surface area (Å²) in [5.74, 6) is 2.64. The van der Waals surface area contributed by atoms with Gasteiger partial charge in [0.1, 0.15) is 0 Å². The molecule has 1 fully saturated rings. The molecule has 0 unspecified atom stereocenters. The fourth-order valence-corrected chi connectivity index (χ4v) is 9.18. The molecule has 1 aliphatic heterocycles. The number of unbranched alkanes of at least 4 members (excludes halogenated alkanes) is 1. The van der Waals surface area contributed by atoms with Crippen molar-refractivity contribution in [3.63, 3.8) is 0 Å². The zero-order chi connectivity index (χ0) is 23.9. The Morgan fingerprint density at radius 3 is 1.68 bits per heavy atom. The van der Waals surface area contributed by atoms with E-state index in [0.717, 1.165) is 12.8 Å². The van der Waals surface area contributed by atoms with Gasteiger partial charge < -0.3 is 8.85 Å². The van der Waals surface area contributed by atoms with Crippen molar-refractivity contribution in [2.45, 2.75) is 146 Å². The molecule has 0 aromatic rings. The van der Waals surface area contributed by atoms with Crippen molar-refractivity contribution in [3.05, 3.63) is 0 Å². The molecule has 2 nitrogen and oxygen atoms in total. The largest absolute Gasteiger partial charge is 0.414 e. The lowest BCUT2D eigenvalue weighted by molar-refractivity contribution is 0.114. The summed E-state index contributed by atoms with van der Waals surface area (Å²) >= 11 is 4.32. The monoisotopic (exact) mass is 506 g/mol. The van der Waals surface area contributed by atoms with Gasteiger partial charge in [-0.15, -0.1) is 23.5 Å². The second kappa shape index (κ2) is 12.7. The van der Waals surface area contributed by atoms with Crippen molar-refractivity contribution in [3.8, 4) is 0 Å². The summed E-state index contributed by atoms with van der Waals surface area (Å²) in [6.45, 7) is 26.1. The first-order valence-corrected chi connectivity index (χ1v) is 20.6. The van der Waals surface area contributed by atoms with E-state index in [1.165, 1.54) is 43.6 Å². The normalized spacial score (nSPS) is 19.5. The summed E-state index contributed by atoms with van der Waals surface area (Å²) in [7, 11) is -3.53. The van der Waals surface area contributed by atoms with Crippen LogP contribution in [-0.4, -0.2) is 44.9 Å². The highest BCUT2D eigenvalue weighted by Gasteiger charge is 2.41. The van der Waals surface area contributed by atoms with Crippen LogP contribution in [0.1, 0.15) is 93.4 Å². The van der Waals surface area contributed by atoms with Gasteiger partial charge in [-0.2, -0.15) is 0 Å². The Balaban J connectivity index is 2.89. The average Bonchev–Trinajstić information content (AvgIpc) is 2.62. The van der Waals surface area contributed by atoms with Crippen LogP contribution in [0, 0.1) is 0 Å². The molecule has 1 heterocycles. The molecule has 1 saturated heterocycles. The van der Waals surface area contributed by atoms with Gasteiger partial charge in [-0.1, -0.05) is 61.3 Å². The number of rotatable bonds is 12. The molecule has 0 N–H and O–H groups in total. The van der Waals surface area contributed by atoms with Crippen molar-refractivity contribution in [1.82, 2.24) is 0 Å². The zero-order valence-corrected chi connectivity index (χ0v) is 26.4. The van der Waals surface area contributed by atoms with Crippen molar-refractivity contribution in [2.75, 3.05) is 11.5 Å². The van der Waals surface area contributed by atoms with Crippen molar-refractivity contribution >= 4 is 40.2 Å². The second-order valence-corrected chi connectivity index (χ2v) is 24.9. The molecule has 0 bridgehead atoms. The Morgan fingerprint density at radius 1 is 0.774 bits per heavy atom. The predicted molar refractivity (Wildman–Crippen MR) is 151 cm³/mol. The van der Waals surface area contributed by atoms with Gasteiger partial charge in [-0.05, 0) is 79.9 Å². The molecule has 0 aromatic heterocycles. The lowest BCUT2D eigenvalue weighted by atomic mass is 10.0. The Morgan fingerprint density at radius 2 is 1.23 bits per heavy atom. The van der Waals surface area contributed by atoms with Gasteiger partial charge in [-0.25, -0.2) is 0 Å². The molecule has 6 heteroatoms. The average molecular weight is 507 g/mol. The van der Waals surface area contributed by atoms with E-state index in [0.29, 0.717) is 16.8 Å². The summed E-state index contributed by atoms with van der Waals surface area (Å²) in [4.78, 5) is 0. The number of thioether (sulfide) groups is 2. The van der Waals surface area contributed by atoms with Crippen molar-refractivity contribution < 1.29 is 8.85 Å². The third-order valence-corrected chi connectivity index (χ3v) is 19.6. The maximum atomic E-state index is 7.03. The summed E-state index contributed by atoms with van der Waals surface area (Å²) in [6, 6.07) is 0. The Bertz CT molecular complexity index is 507. The van der Waals surface area contributed by atoms with E-state index >= 15 is 0 Å². The van der Waals surface area contributed by atoms with Crippen LogP contribution in [0.4, 0.5) is 0 Å². The Hall–Kier alpha value is 1.05. The van der Waals surface area contributed by atoms with E-state index in [2.05, 4.69) is 98.2 Å². The van der Waals surface area contributed by atoms with Gasteiger partial charge in [0.25, 0.3) is 0 Å². The Kier molecular flexibility index (Phi) is 12.3. The fourth-order valence-electron chi connectivity index (χ4n) is 3.36. The first-order chi connectivity index (χ1) is 14.1. The minimum atomic E-state index is -1.78. The van der Waals surface area contributed by atoms with Crippen LogP contribution in [0.2, 0.25) is 36.3 Å². The first-order valence-electron chi connectivity index (χ1n) is 12.7. The molecule has 0 aliphatic carbocycles. The topological polar surface area (TPSA) is 18.5 Å². The smallest absolute Gasteiger partial charge is 0.192 e. The summed E-state index contributed by atoms with van der Waals surface area (Å²) < 4.78 is 14.7. The minimum Gasteiger partial charge on any atom is -0.414 e. The predicted octanol–water partition coefficient (Wildman–Crippen LogP) is 9.32. The number of hydrogen-bond acceptors (Lipinski definition) is 4. The molecule has 31 heavy (non-hydrogen) atoms. The molecule has 186 valence electrons. The molecular formula is C25H54O2S2Si2. The maximum Gasteiger partial charge on any atom is 0.192 e. The Labute approximate surface area is 206 Å². The summed E-state index contributed by atoms with van der Waals surface area (Å²) in [5, 5.41) is 0.529. The van der Waals surface area contributed by atoms with Gasteiger partial charge >= 0.3 is 0 Å². The van der Waals surface area contributed by atoms with Gasteiger partial charge in [0, 0.05) is 12.2 Å². The molecule has 0 saturated carbocycles. The molecule has 1 aliphatic rings. The second-order valence-electron chi connectivity index (χ2n) is 12.5. The molecule has 1 rings (SSSR count). The summed E-state index contributed by atoms with van der Waals surface area (Å²) in [5.41, 5.74) is 0. The molecule has 0 aromatic carbocycles. The third kappa shape index (κ3) is 10.5. The molecule has 0 spiro atoms. The van der Waals surface area contributed by atoms with Crippen LogP contribution >= 0.6 is 23.5 Å². The van der Waals surface area contributed by atoms with Crippen LogP contribution in [0.25, 0.3) is 0 Å². The standard InChI is InChI=1S/C25H54O2S2Si2/c1-12-13-15-21(26-30(8,9)24(2,3)4)16-17-22(20-23-28-18-14-19-29-23)27-31(10,11)25(5,6)7/h21-23H,12-20H2,1-11H3/t21-,22+/m0/s1. The highest BCUT2D eigenvalue weighted by Crippen LogP contribution is 2.42. The van der Waals surface area contributed by atoms with Crippen LogP contribution < -0.4 is 0 Å². The van der Waals surface area contributed by atoms with Gasteiger partial charge in [-0.3, -0.25) is 0 Å². The minimum absolute atomic E-state index is 0.261. The quantitative estimate of drug-likeness (QED) is 0.245. The van der Waals surface area contributed by atoms with Crippen LogP contribution in [0.3, 0.4) is 0 Å². The molecule has 2 atom stereocenters. The molecular weight excluding hydrogens is 453 g/mol. The lowest BCUT2D eigenvalue weighted by Gasteiger charge is -2.42.